The summed E-state index contributed by atoms with van der Waals surface area (Å²) in [5.74, 6) is 0.0559. The zero-order valence-electron chi connectivity index (χ0n) is 11.6. The van der Waals surface area contributed by atoms with E-state index in [1.165, 1.54) is 0 Å². The molecule has 2 rings (SSSR count). The third-order valence-electron chi connectivity index (χ3n) is 3.50. The Hall–Kier alpha value is -0.830. The van der Waals surface area contributed by atoms with E-state index in [2.05, 4.69) is 10.0 Å². The van der Waals surface area contributed by atoms with E-state index in [0.29, 0.717) is 12.6 Å². The Morgan fingerprint density at radius 1 is 1.36 bits per heavy atom. The number of hydrogen-bond donors (Lipinski definition) is 2. The molecule has 1 fully saturated rings. The second kappa shape index (κ2) is 6.74. The third kappa shape index (κ3) is 4.13. The Bertz CT molecular complexity index is 629. The molecule has 1 aromatic rings. The number of hydrogen-bond acceptors (Lipinski definition) is 3. The monoisotopic (exact) mass is 356 g/mol. The molecule has 9 heteroatoms. The fourth-order valence-electron chi connectivity index (χ4n) is 2.40. The molecular formula is C13H16ClF3N2O2S. The molecule has 0 saturated carbocycles. The molecular weight excluding hydrogens is 341 g/mol. The molecule has 2 N–H and O–H groups in total. The van der Waals surface area contributed by atoms with Crippen LogP contribution in [-0.4, -0.2) is 28.1 Å². The third-order valence-corrected chi connectivity index (χ3v) is 5.45. The van der Waals surface area contributed by atoms with Crippen molar-refractivity contribution in [3.8, 4) is 0 Å². The van der Waals surface area contributed by atoms with Gasteiger partial charge >= 0.3 is 6.18 Å². The van der Waals surface area contributed by atoms with Gasteiger partial charge in [0.15, 0.2) is 0 Å². The molecule has 4 nitrogen and oxygen atoms in total. The number of sulfonamides is 1. The Balaban J connectivity index is 2.25. The van der Waals surface area contributed by atoms with Gasteiger partial charge in [0.05, 0.1) is 10.6 Å². The lowest BCUT2D eigenvalue weighted by Gasteiger charge is -2.23. The van der Waals surface area contributed by atoms with Gasteiger partial charge < -0.3 is 5.32 Å². The first-order valence-corrected chi connectivity index (χ1v) is 8.64. The van der Waals surface area contributed by atoms with Crippen LogP contribution in [0, 0.1) is 5.92 Å². The number of piperidine rings is 1. The van der Waals surface area contributed by atoms with E-state index in [1.54, 1.807) is 0 Å². The summed E-state index contributed by atoms with van der Waals surface area (Å²) in [6, 6.07) is 2.92. The van der Waals surface area contributed by atoms with E-state index in [-0.39, 0.29) is 12.5 Å². The quantitative estimate of drug-likeness (QED) is 0.872. The Labute approximate surface area is 132 Å². The van der Waals surface area contributed by atoms with Crippen molar-refractivity contribution in [1.29, 1.82) is 0 Å². The fraction of sp³-hybridized carbons (Fsp3) is 0.538. The van der Waals surface area contributed by atoms with Crippen LogP contribution in [0.15, 0.2) is 23.1 Å². The summed E-state index contributed by atoms with van der Waals surface area (Å²) in [6.07, 6.45) is -3.06. The maximum atomic E-state index is 13.0. The molecule has 124 valence electrons. The van der Waals surface area contributed by atoms with Crippen LogP contribution in [0.4, 0.5) is 13.2 Å². The van der Waals surface area contributed by atoms with Crippen LogP contribution in [0.2, 0.25) is 5.02 Å². The summed E-state index contributed by atoms with van der Waals surface area (Å²) < 4.78 is 65.7. The van der Waals surface area contributed by atoms with E-state index in [4.69, 9.17) is 11.6 Å². The van der Waals surface area contributed by atoms with Gasteiger partial charge in [0.2, 0.25) is 10.0 Å². The van der Waals surface area contributed by atoms with Gasteiger partial charge in [0.1, 0.15) is 4.90 Å². The maximum Gasteiger partial charge on any atom is 0.417 e. The first-order valence-electron chi connectivity index (χ1n) is 6.78. The molecule has 0 radical (unpaired) electrons. The molecule has 1 saturated heterocycles. The molecule has 0 unspecified atom stereocenters. The Morgan fingerprint density at radius 3 is 2.68 bits per heavy atom. The van der Waals surface area contributed by atoms with Gasteiger partial charge in [-0.1, -0.05) is 17.7 Å². The van der Waals surface area contributed by atoms with E-state index in [1.807, 2.05) is 0 Å². The minimum Gasteiger partial charge on any atom is -0.316 e. The van der Waals surface area contributed by atoms with Crippen molar-refractivity contribution < 1.29 is 21.6 Å². The number of nitrogens with one attached hydrogen (secondary N) is 2. The minimum atomic E-state index is -4.79. The van der Waals surface area contributed by atoms with Gasteiger partial charge in [0, 0.05) is 6.54 Å². The lowest BCUT2D eigenvalue weighted by molar-refractivity contribution is -0.139. The zero-order valence-corrected chi connectivity index (χ0v) is 13.2. The summed E-state index contributed by atoms with van der Waals surface area (Å²) in [4.78, 5) is -0.909. The number of benzene rings is 1. The highest BCUT2D eigenvalue weighted by Gasteiger charge is 2.38. The summed E-state index contributed by atoms with van der Waals surface area (Å²) in [7, 11) is -4.33. The van der Waals surface area contributed by atoms with Gasteiger partial charge in [0.25, 0.3) is 0 Å². The van der Waals surface area contributed by atoms with Crippen LogP contribution >= 0.6 is 11.6 Å². The van der Waals surface area contributed by atoms with Crippen LogP contribution in [0.5, 0.6) is 0 Å². The molecule has 0 aromatic heterocycles. The predicted molar refractivity (Wildman–Crippen MR) is 77.2 cm³/mol. The van der Waals surface area contributed by atoms with E-state index in [0.717, 1.165) is 31.5 Å². The van der Waals surface area contributed by atoms with Gasteiger partial charge in [-0.3, -0.25) is 0 Å². The van der Waals surface area contributed by atoms with Crippen molar-refractivity contribution in [1.82, 2.24) is 10.0 Å². The Kier molecular flexibility index (Phi) is 5.37. The van der Waals surface area contributed by atoms with Gasteiger partial charge in [-0.25, -0.2) is 13.1 Å². The minimum absolute atomic E-state index is 0.0559. The molecule has 1 aliphatic rings. The standard InChI is InChI=1S/C13H16ClF3N2O2S/c14-11-5-1-4-10(13(15,16)17)12(11)22(20,21)19-8-9-3-2-6-18-7-9/h1,4-5,9,18-19H,2-3,6-8H2/t9-/m0/s1. The van der Waals surface area contributed by atoms with Crippen molar-refractivity contribution in [2.75, 3.05) is 19.6 Å². The predicted octanol–water partition coefficient (Wildman–Crippen LogP) is 2.64. The first-order chi connectivity index (χ1) is 10.2. The van der Waals surface area contributed by atoms with Gasteiger partial charge in [-0.05, 0) is 44.0 Å². The number of alkyl halides is 3. The molecule has 1 heterocycles. The van der Waals surface area contributed by atoms with Crippen molar-refractivity contribution >= 4 is 21.6 Å². The lowest BCUT2D eigenvalue weighted by atomic mass is 10.0. The van der Waals surface area contributed by atoms with Crippen LogP contribution in [0.25, 0.3) is 0 Å². The number of halogens is 4. The van der Waals surface area contributed by atoms with Crippen molar-refractivity contribution in [2.45, 2.75) is 23.9 Å². The van der Waals surface area contributed by atoms with Crippen molar-refractivity contribution in [3.63, 3.8) is 0 Å². The molecule has 0 bridgehead atoms. The largest absolute Gasteiger partial charge is 0.417 e. The highest BCUT2D eigenvalue weighted by molar-refractivity contribution is 7.89. The topological polar surface area (TPSA) is 58.2 Å². The zero-order chi connectivity index (χ0) is 16.4. The van der Waals surface area contributed by atoms with Crippen molar-refractivity contribution in [3.05, 3.63) is 28.8 Å². The summed E-state index contributed by atoms with van der Waals surface area (Å²) in [6.45, 7) is 1.58. The Morgan fingerprint density at radius 2 is 2.09 bits per heavy atom. The van der Waals surface area contributed by atoms with Crippen LogP contribution < -0.4 is 10.0 Å². The second-order valence-electron chi connectivity index (χ2n) is 5.18. The molecule has 0 aliphatic carbocycles. The maximum absolute atomic E-state index is 13.0. The smallest absolute Gasteiger partial charge is 0.316 e. The SMILES string of the molecule is O=S(=O)(NC[C@H]1CCCNC1)c1c(Cl)cccc1C(F)(F)F. The van der Waals surface area contributed by atoms with E-state index < -0.39 is 31.7 Å². The van der Waals surface area contributed by atoms with Crippen LogP contribution in [0.1, 0.15) is 18.4 Å². The molecule has 1 atom stereocenters. The van der Waals surface area contributed by atoms with E-state index >= 15 is 0 Å². The summed E-state index contributed by atoms with van der Waals surface area (Å²) in [5.41, 5.74) is -1.26. The van der Waals surface area contributed by atoms with Gasteiger partial charge in [-0.2, -0.15) is 13.2 Å². The molecule has 1 aliphatic heterocycles. The molecule has 0 spiro atoms. The summed E-state index contributed by atoms with van der Waals surface area (Å²) >= 11 is 5.71. The average Bonchev–Trinajstić information content (AvgIpc) is 2.45. The molecule has 1 aromatic carbocycles. The number of rotatable bonds is 4. The van der Waals surface area contributed by atoms with Crippen LogP contribution in [-0.2, 0) is 16.2 Å². The lowest BCUT2D eigenvalue weighted by Crippen LogP contribution is -2.38. The first kappa shape index (κ1) is 17.5. The van der Waals surface area contributed by atoms with E-state index in [9.17, 15) is 21.6 Å². The summed E-state index contributed by atoms with van der Waals surface area (Å²) in [5, 5.41) is 2.68. The molecule has 0 amide bonds. The highest BCUT2D eigenvalue weighted by atomic mass is 35.5. The average molecular weight is 357 g/mol. The highest BCUT2D eigenvalue weighted by Crippen LogP contribution is 2.37. The fourth-order valence-corrected chi connectivity index (χ4v) is 4.28. The molecule has 22 heavy (non-hydrogen) atoms. The van der Waals surface area contributed by atoms with Crippen LogP contribution in [0.3, 0.4) is 0 Å². The second-order valence-corrected chi connectivity index (χ2v) is 7.29. The van der Waals surface area contributed by atoms with Gasteiger partial charge in [-0.15, -0.1) is 0 Å². The normalized spacial score (nSPS) is 20.1. The van der Waals surface area contributed by atoms with Crippen molar-refractivity contribution in [2.24, 2.45) is 5.92 Å².